The lowest BCUT2D eigenvalue weighted by atomic mass is 10.1. The molecular formula is C18H20N2O2. The molecule has 0 saturated carbocycles. The predicted molar refractivity (Wildman–Crippen MR) is 89.0 cm³/mol. The van der Waals surface area contributed by atoms with E-state index in [9.17, 15) is 4.79 Å². The van der Waals surface area contributed by atoms with Gasteiger partial charge < -0.3 is 10.2 Å². The van der Waals surface area contributed by atoms with E-state index in [2.05, 4.69) is 17.4 Å². The van der Waals surface area contributed by atoms with E-state index in [0.29, 0.717) is 0 Å². The molecule has 0 unspecified atom stereocenters. The number of nitrogens with one attached hydrogen (secondary N) is 1. The summed E-state index contributed by atoms with van der Waals surface area (Å²) in [5.74, 6) is -0.232. The zero-order valence-corrected chi connectivity index (χ0v) is 12.8. The van der Waals surface area contributed by atoms with Crippen LogP contribution in [-0.4, -0.2) is 18.2 Å². The molecule has 2 aromatic carbocycles. The summed E-state index contributed by atoms with van der Waals surface area (Å²) in [7, 11) is 0. The number of aryl methyl sites for hydroxylation is 1. The summed E-state index contributed by atoms with van der Waals surface area (Å²) in [6, 6.07) is 17.3. The van der Waals surface area contributed by atoms with Crippen molar-refractivity contribution in [3.05, 3.63) is 65.7 Å². The SMILES string of the molecule is CCc1ccc(/C=N\O[C@@H](C)C(=O)Nc2ccccc2)cc1. The van der Waals surface area contributed by atoms with E-state index in [-0.39, 0.29) is 5.91 Å². The Morgan fingerprint density at radius 1 is 1.18 bits per heavy atom. The van der Waals surface area contributed by atoms with Crippen molar-refractivity contribution in [1.29, 1.82) is 0 Å². The summed E-state index contributed by atoms with van der Waals surface area (Å²) in [5.41, 5.74) is 2.95. The standard InChI is InChI=1S/C18H20N2O2/c1-3-15-9-11-16(12-10-15)13-19-22-14(2)18(21)20-17-7-5-4-6-8-17/h4-14H,3H2,1-2H3,(H,20,21)/b19-13-/t14-/m0/s1. The fraction of sp³-hybridized carbons (Fsp3) is 0.222. The molecule has 4 nitrogen and oxygen atoms in total. The van der Waals surface area contributed by atoms with Crippen molar-refractivity contribution in [3.8, 4) is 0 Å². The quantitative estimate of drug-likeness (QED) is 0.653. The van der Waals surface area contributed by atoms with Gasteiger partial charge in [0.2, 0.25) is 6.10 Å². The van der Waals surface area contributed by atoms with Crippen molar-refractivity contribution in [3.63, 3.8) is 0 Å². The highest BCUT2D eigenvalue weighted by molar-refractivity contribution is 5.93. The summed E-state index contributed by atoms with van der Waals surface area (Å²) >= 11 is 0. The summed E-state index contributed by atoms with van der Waals surface area (Å²) < 4.78 is 0. The van der Waals surface area contributed by atoms with Gasteiger partial charge in [0, 0.05) is 5.69 Å². The maximum Gasteiger partial charge on any atom is 0.267 e. The highest BCUT2D eigenvalue weighted by Crippen LogP contribution is 2.07. The van der Waals surface area contributed by atoms with Gasteiger partial charge >= 0.3 is 0 Å². The zero-order chi connectivity index (χ0) is 15.8. The van der Waals surface area contributed by atoms with Crippen LogP contribution >= 0.6 is 0 Å². The summed E-state index contributed by atoms with van der Waals surface area (Å²) in [6.07, 6.45) is 1.95. The number of hydrogen-bond acceptors (Lipinski definition) is 3. The first kappa shape index (κ1) is 15.8. The van der Waals surface area contributed by atoms with Crippen molar-refractivity contribution in [2.75, 3.05) is 5.32 Å². The Morgan fingerprint density at radius 3 is 2.50 bits per heavy atom. The average molecular weight is 296 g/mol. The van der Waals surface area contributed by atoms with Crippen LogP contribution in [0.15, 0.2) is 59.8 Å². The normalized spacial score (nSPS) is 12.1. The van der Waals surface area contributed by atoms with Crippen LogP contribution in [0.2, 0.25) is 0 Å². The molecule has 2 aromatic rings. The number of amides is 1. The van der Waals surface area contributed by atoms with Crippen LogP contribution in [0.4, 0.5) is 5.69 Å². The van der Waals surface area contributed by atoms with Crippen molar-refractivity contribution in [2.24, 2.45) is 5.16 Å². The minimum absolute atomic E-state index is 0.232. The number of carbonyl (C=O) groups is 1. The molecular weight excluding hydrogens is 276 g/mol. The highest BCUT2D eigenvalue weighted by Gasteiger charge is 2.13. The molecule has 1 N–H and O–H groups in total. The Hall–Kier alpha value is -2.62. The van der Waals surface area contributed by atoms with Crippen LogP contribution < -0.4 is 5.32 Å². The molecule has 0 bridgehead atoms. The maximum atomic E-state index is 11.9. The van der Waals surface area contributed by atoms with E-state index in [4.69, 9.17) is 4.84 Å². The van der Waals surface area contributed by atoms with Gasteiger partial charge in [0.25, 0.3) is 5.91 Å². The number of benzene rings is 2. The molecule has 1 amide bonds. The highest BCUT2D eigenvalue weighted by atomic mass is 16.6. The van der Waals surface area contributed by atoms with E-state index in [1.165, 1.54) is 5.56 Å². The molecule has 0 saturated heterocycles. The first-order valence-corrected chi connectivity index (χ1v) is 7.33. The Morgan fingerprint density at radius 2 is 1.86 bits per heavy atom. The molecule has 4 heteroatoms. The van der Waals surface area contributed by atoms with Crippen molar-refractivity contribution in [2.45, 2.75) is 26.4 Å². The van der Waals surface area contributed by atoms with E-state index < -0.39 is 6.10 Å². The molecule has 0 aromatic heterocycles. The molecule has 0 aliphatic rings. The van der Waals surface area contributed by atoms with Gasteiger partial charge in [-0.05, 0) is 36.6 Å². The Labute approximate surface area is 130 Å². The number of hydrogen-bond donors (Lipinski definition) is 1. The lowest BCUT2D eigenvalue weighted by molar-refractivity contribution is -0.126. The predicted octanol–water partition coefficient (Wildman–Crippen LogP) is 3.63. The Bertz CT molecular complexity index is 621. The van der Waals surface area contributed by atoms with Crippen molar-refractivity contribution < 1.29 is 9.63 Å². The molecule has 0 radical (unpaired) electrons. The van der Waals surface area contributed by atoms with Crippen LogP contribution in [0.3, 0.4) is 0 Å². The van der Waals surface area contributed by atoms with Gasteiger partial charge in [-0.25, -0.2) is 0 Å². The van der Waals surface area contributed by atoms with Gasteiger partial charge in [0.05, 0.1) is 6.21 Å². The summed E-state index contributed by atoms with van der Waals surface area (Å²) in [5, 5.41) is 6.64. The number of oxime groups is 1. The minimum atomic E-state index is -0.661. The largest absolute Gasteiger partial charge is 0.383 e. The molecule has 0 heterocycles. The maximum absolute atomic E-state index is 11.9. The number of nitrogens with zero attached hydrogens (tertiary/aromatic N) is 1. The Kier molecular flexibility index (Phi) is 5.72. The second-order valence-corrected chi connectivity index (χ2v) is 4.93. The fourth-order valence-corrected chi connectivity index (χ4v) is 1.84. The molecule has 114 valence electrons. The number of carbonyl (C=O) groups excluding carboxylic acids is 1. The monoisotopic (exact) mass is 296 g/mol. The lowest BCUT2D eigenvalue weighted by Gasteiger charge is -2.10. The molecule has 22 heavy (non-hydrogen) atoms. The van der Waals surface area contributed by atoms with Gasteiger partial charge in [-0.15, -0.1) is 0 Å². The van der Waals surface area contributed by atoms with Crippen molar-refractivity contribution >= 4 is 17.8 Å². The number of para-hydroxylation sites is 1. The van der Waals surface area contributed by atoms with Crippen molar-refractivity contribution in [1.82, 2.24) is 0 Å². The van der Waals surface area contributed by atoms with E-state index >= 15 is 0 Å². The summed E-state index contributed by atoms with van der Waals surface area (Å²) in [6.45, 7) is 3.77. The van der Waals surface area contributed by atoms with Gasteiger partial charge in [-0.1, -0.05) is 54.5 Å². The molecule has 2 rings (SSSR count). The van der Waals surface area contributed by atoms with E-state index in [1.54, 1.807) is 13.1 Å². The van der Waals surface area contributed by atoms with Gasteiger partial charge in [-0.3, -0.25) is 4.79 Å². The average Bonchev–Trinajstić information content (AvgIpc) is 2.56. The topological polar surface area (TPSA) is 50.7 Å². The third-order valence-electron chi connectivity index (χ3n) is 3.22. The second-order valence-electron chi connectivity index (χ2n) is 4.93. The van der Waals surface area contributed by atoms with Crippen LogP contribution in [-0.2, 0) is 16.1 Å². The first-order chi connectivity index (χ1) is 10.7. The summed E-state index contributed by atoms with van der Waals surface area (Å²) in [4.78, 5) is 17.1. The Balaban J connectivity index is 1.84. The number of rotatable bonds is 6. The van der Waals surface area contributed by atoms with Crippen LogP contribution in [0.1, 0.15) is 25.0 Å². The molecule has 0 aliphatic heterocycles. The molecule has 0 fully saturated rings. The third-order valence-corrected chi connectivity index (χ3v) is 3.22. The van der Waals surface area contributed by atoms with Crippen LogP contribution in [0.25, 0.3) is 0 Å². The fourth-order valence-electron chi connectivity index (χ4n) is 1.84. The van der Waals surface area contributed by atoms with Crippen LogP contribution in [0.5, 0.6) is 0 Å². The molecule has 1 atom stereocenters. The molecule has 0 spiro atoms. The van der Waals surface area contributed by atoms with E-state index in [0.717, 1.165) is 17.7 Å². The first-order valence-electron chi connectivity index (χ1n) is 7.33. The van der Waals surface area contributed by atoms with Gasteiger partial charge in [0.15, 0.2) is 0 Å². The zero-order valence-electron chi connectivity index (χ0n) is 12.8. The third kappa shape index (κ3) is 4.74. The number of anilines is 1. The van der Waals surface area contributed by atoms with Gasteiger partial charge in [0.1, 0.15) is 0 Å². The molecule has 0 aliphatic carbocycles. The smallest absolute Gasteiger partial charge is 0.267 e. The lowest BCUT2D eigenvalue weighted by Crippen LogP contribution is -2.26. The van der Waals surface area contributed by atoms with Gasteiger partial charge in [-0.2, -0.15) is 0 Å². The second kappa shape index (κ2) is 7.98. The van der Waals surface area contributed by atoms with E-state index in [1.807, 2.05) is 54.6 Å². The van der Waals surface area contributed by atoms with Crippen LogP contribution in [0, 0.1) is 0 Å². The minimum Gasteiger partial charge on any atom is -0.383 e.